The van der Waals surface area contributed by atoms with Crippen molar-refractivity contribution in [1.29, 1.82) is 0 Å². The van der Waals surface area contributed by atoms with Crippen molar-refractivity contribution >= 4 is 45.5 Å². The summed E-state index contributed by atoms with van der Waals surface area (Å²) in [5, 5.41) is 0. The average molecular weight is 1260 g/mol. The van der Waals surface area contributed by atoms with Gasteiger partial charge in [0.05, 0.1) is 0 Å². The predicted octanol–water partition coefficient (Wildman–Crippen LogP) is 24.7. The first kappa shape index (κ1) is 64.8. The van der Waals surface area contributed by atoms with E-state index in [2.05, 4.69) is 413 Å². The van der Waals surface area contributed by atoms with Gasteiger partial charge in [-0.2, -0.15) is 0 Å². The van der Waals surface area contributed by atoms with E-state index in [4.69, 9.17) is 0 Å². The van der Waals surface area contributed by atoms with Crippen molar-refractivity contribution in [3.05, 3.63) is 360 Å². The van der Waals surface area contributed by atoms with Gasteiger partial charge in [0, 0.05) is 89.9 Å². The van der Waals surface area contributed by atoms with Crippen molar-refractivity contribution in [2.45, 2.75) is 71.6 Å². The second-order valence-corrected chi connectivity index (χ2v) is 27.8. The molecule has 0 heterocycles. The standard InChI is InChI=1S/C28H25N.C23H23N.C22H21N.C20H19N/c1-28(2)26-12-8-7-11-24(26)25-18-17-23(19-27(25)28)29(3)22-15-13-21(14-16-22)20-9-5-4-6-10-20;1-16-8-7-9-17(14-16)24(4)18-12-13-20-19-10-5-6-11-21(19)23(2,3)22(20)15-18;1-22(2)20-12-8-7-11-18(20)19-14-13-17(15-21(19)22)23(3)16-9-5-4-6-10-16;1-16-7-6-10-20(15-16)21(2)19-13-11-18(12-14-19)17-8-4-3-5-9-17/h4-19H,1-3H3;5-15H,1-4H3;4-15H,1-3H3;3-15H,1-2H3. The van der Waals surface area contributed by atoms with Crippen LogP contribution in [0.5, 0.6) is 0 Å². The maximum atomic E-state index is 2.36. The number of benzene rings is 13. The summed E-state index contributed by atoms with van der Waals surface area (Å²) in [4.78, 5) is 9.00. The Morgan fingerprint density at radius 1 is 0.186 bits per heavy atom. The maximum Gasteiger partial charge on any atom is 0.0411 e. The highest BCUT2D eigenvalue weighted by molar-refractivity contribution is 5.86. The molecular weight excluding hydrogens is 1170 g/mol. The van der Waals surface area contributed by atoms with Gasteiger partial charge in [0.15, 0.2) is 0 Å². The smallest absolute Gasteiger partial charge is 0.0411 e. The van der Waals surface area contributed by atoms with Crippen molar-refractivity contribution in [2.24, 2.45) is 0 Å². The Morgan fingerprint density at radius 2 is 0.412 bits per heavy atom. The maximum absolute atomic E-state index is 2.36. The Labute approximate surface area is 577 Å². The summed E-state index contributed by atoms with van der Waals surface area (Å²) in [5.74, 6) is 0. The molecule has 480 valence electrons. The lowest BCUT2D eigenvalue weighted by Crippen LogP contribution is -2.16. The zero-order valence-corrected chi connectivity index (χ0v) is 58.3. The molecule has 0 bridgehead atoms. The average Bonchev–Trinajstić information content (AvgIpc) is 1.60. The zero-order valence-electron chi connectivity index (χ0n) is 58.3. The Bertz CT molecular complexity index is 4910. The minimum atomic E-state index is 0.0277. The van der Waals surface area contributed by atoms with E-state index in [-0.39, 0.29) is 16.2 Å². The van der Waals surface area contributed by atoms with Crippen molar-refractivity contribution < 1.29 is 0 Å². The molecule has 0 unspecified atom stereocenters. The molecule has 0 fully saturated rings. The number of hydrogen-bond donors (Lipinski definition) is 0. The highest BCUT2D eigenvalue weighted by atomic mass is 15.1. The highest BCUT2D eigenvalue weighted by Gasteiger charge is 2.38. The van der Waals surface area contributed by atoms with Crippen LogP contribution in [-0.2, 0) is 16.2 Å². The van der Waals surface area contributed by atoms with E-state index in [1.807, 2.05) is 6.07 Å². The van der Waals surface area contributed by atoms with Gasteiger partial charge in [-0.25, -0.2) is 0 Å². The van der Waals surface area contributed by atoms with Gasteiger partial charge in [0.2, 0.25) is 0 Å². The molecular formula is C93H88N4. The van der Waals surface area contributed by atoms with Crippen LogP contribution in [0.1, 0.15) is 86.1 Å². The predicted molar refractivity (Wildman–Crippen MR) is 417 cm³/mol. The number of fused-ring (bicyclic) bond motifs is 9. The summed E-state index contributed by atoms with van der Waals surface area (Å²) in [6, 6.07) is 113. The molecule has 0 N–H and O–H groups in total. The normalized spacial score (nSPS) is 13.2. The molecule has 0 atom stereocenters. The van der Waals surface area contributed by atoms with E-state index in [9.17, 15) is 0 Å². The fourth-order valence-electron chi connectivity index (χ4n) is 14.6. The van der Waals surface area contributed by atoms with E-state index >= 15 is 0 Å². The first-order valence-corrected chi connectivity index (χ1v) is 34.0. The third-order valence-corrected chi connectivity index (χ3v) is 20.5. The van der Waals surface area contributed by atoms with Gasteiger partial charge in [-0.05, 0) is 211 Å². The van der Waals surface area contributed by atoms with Gasteiger partial charge >= 0.3 is 0 Å². The van der Waals surface area contributed by atoms with Crippen LogP contribution in [0.4, 0.5) is 45.5 Å². The van der Waals surface area contributed by atoms with E-state index in [1.54, 1.807) is 0 Å². The molecule has 0 aliphatic heterocycles. The van der Waals surface area contributed by atoms with Gasteiger partial charge in [-0.1, -0.05) is 260 Å². The van der Waals surface area contributed by atoms with Crippen LogP contribution in [0, 0.1) is 13.8 Å². The summed E-state index contributed by atoms with van der Waals surface area (Å²) in [6.45, 7) is 18.2. The topological polar surface area (TPSA) is 13.0 Å². The van der Waals surface area contributed by atoms with Crippen LogP contribution in [-0.4, -0.2) is 28.2 Å². The molecule has 0 saturated heterocycles. The first-order chi connectivity index (χ1) is 46.9. The number of hydrogen-bond acceptors (Lipinski definition) is 4. The molecule has 0 radical (unpaired) electrons. The van der Waals surface area contributed by atoms with E-state index < -0.39 is 0 Å². The molecule has 0 amide bonds. The summed E-state index contributed by atoms with van der Waals surface area (Å²) in [7, 11) is 8.53. The number of aryl methyl sites for hydroxylation is 2. The second kappa shape index (κ2) is 27.1. The monoisotopic (exact) mass is 1260 g/mol. The van der Waals surface area contributed by atoms with Crippen molar-refractivity contribution in [2.75, 3.05) is 47.8 Å². The SMILES string of the molecule is CN(c1ccc(-c2ccccc2)cc1)c1ccc2c(c1)C(C)(C)c1ccccc1-2.CN(c1ccccc1)c1ccc2c(c1)C(C)(C)c1ccccc1-2.Cc1cccc(N(C)c2ccc(-c3ccccc3)cc2)c1.Cc1cccc(N(C)c2ccc3c(c2)C(C)(C)c2ccccc2-3)c1. The fraction of sp³-hybridized carbons (Fsp3) is 0.161. The molecule has 3 aliphatic carbocycles. The zero-order chi connectivity index (χ0) is 67.6. The Kier molecular flexibility index (Phi) is 18.1. The molecule has 4 heteroatoms. The van der Waals surface area contributed by atoms with Crippen molar-refractivity contribution in [1.82, 2.24) is 0 Å². The number of rotatable bonds is 10. The second-order valence-electron chi connectivity index (χ2n) is 27.8. The summed E-state index contributed by atoms with van der Waals surface area (Å²) in [6.07, 6.45) is 0. The highest BCUT2D eigenvalue weighted by Crippen LogP contribution is 2.53. The lowest BCUT2D eigenvalue weighted by Gasteiger charge is -2.25. The van der Waals surface area contributed by atoms with Gasteiger partial charge in [-0.3, -0.25) is 0 Å². The number of nitrogens with zero attached hydrogens (tertiary/aromatic N) is 4. The molecule has 3 aliphatic rings. The van der Waals surface area contributed by atoms with Gasteiger partial charge < -0.3 is 19.6 Å². The third-order valence-electron chi connectivity index (χ3n) is 20.5. The van der Waals surface area contributed by atoms with E-state index in [0.717, 1.165) is 0 Å². The van der Waals surface area contributed by atoms with E-state index in [0.29, 0.717) is 0 Å². The number of anilines is 8. The molecule has 13 aromatic rings. The minimum absolute atomic E-state index is 0.0277. The van der Waals surface area contributed by atoms with Gasteiger partial charge in [0.1, 0.15) is 0 Å². The van der Waals surface area contributed by atoms with Gasteiger partial charge in [0.25, 0.3) is 0 Å². The molecule has 4 nitrogen and oxygen atoms in total. The molecule has 0 spiro atoms. The van der Waals surface area contributed by atoms with Crippen LogP contribution < -0.4 is 19.6 Å². The van der Waals surface area contributed by atoms with Crippen molar-refractivity contribution in [3.8, 4) is 55.6 Å². The quantitative estimate of drug-likeness (QED) is 0.135. The van der Waals surface area contributed by atoms with Crippen molar-refractivity contribution in [3.63, 3.8) is 0 Å². The Morgan fingerprint density at radius 3 is 0.732 bits per heavy atom. The van der Waals surface area contributed by atoms with Crippen LogP contribution in [0.3, 0.4) is 0 Å². The lowest BCUT2D eigenvalue weighted by molar-refractivity contribution is 0.660. The summed E-state index contributed by atoms with van der Waals surface area (Å²) < 4.78 is 0. The molecule has 16 rings (SSSR count). The van der Waals surface area contributed by atoms with Crippen LogP contribution in [0.25, 0.3) is 55.6 Å². The third kappa shape index (κ3) is 12.9. The van der Waals surface area contributed by atoms with Crippen LogP contribution >= 0.6 is 0 Å². The Balaban J connectivity index is 0.000000117. The summed E-state index contributed by atoms with van der Waals surface area (Å²) in [5.41, 5.74) is 34.1. The molecule has 97 heavy (non-hydrogen) atoms. The fourth-order valence-corrected chi connectivity index (χ4v) is 14.6. The van der Waals surface area contributed by atoms with Gasteiger partial charge in [-0.15, -0.1) is 0 Å². The molecule has 0 saturated carbocycles. The van der Waals surface area contributed by atoms with E-state index in [1.165, 1.54) is 146 Å². The number of para-hydroxylation sites is 1. The van der Waals surface area contributed by atoms with Crippen LogP contribution in [0.15, 0.2) is 315 Å². The first-order valence-electron chi connectivity index (χ1n) is 34.0. The minimum Gasteiger partial charge on any atom is -0.345 e. The largest absolute Gasteiger partial charge is 0.345 e. The van der Waals surface area contributed by atoms with Crippen LogP contribution in [0.2, 0.25) is 0 Å². The molecule has 13 aromatic carbocycles. The summed E-state index contributed by atoms with van der Waals surface area (Å²) >= 11 is 0. The lowest BCUT2D eigenvalue weighted by atomic mass is 9.82. The Hall–Kier alpha value is -10.9. The molecule has 0 aromatic heterocycles.